The molecule has 33 heavy (non-hydrogen) atoms. The van der Waals surface area contributed by atoms with Gasteiger partial charge in [-0.15, -0.1) is 0 Å². The van der Waals surface area contributed by atoms with Crippen molar-refractivity contribution >= 4 is 15.7 Å². The summed E-state index contributed by atoms with van der Waals surface area (Å²) in [5.74, 6) is -1.70. The van der Waals surface area contributed by atoms with Gasteiger partial charge in [0.15, 0.2) is 9.84 Å². The van der Waals surface area contributed by atoms with Crippen LogP contribution in [0.1, 0.15) is 17.2 Å². The number of rotatable bonds is 8. The lowest BCUT2D eigenvalue weighted by Gasteiger charge is -2.32. The molecule has 0 radical (unpaired) electrons. The van der Waals surface area contributed by atoms with Crippen molar-refractivity contribution in [1.29, 1.82) is 0 Å². The third kappa shape index (κ3) is 6.97. The molecule has 1 aliphatic rings. The highest BCUT2D eigenvalue weighted by atomic mass is 32.2. The molecule has 0 aliphatic carbocycles. The Labute approximate surface area is 188 Å². The predicted molar refractivity (Wildman–Crippen MR) is 111 cm³/mol. The molecule has 3 N–H and O–H groups in total. The van der Waals surface area contributed by atoms with Gasteiger partial charge in [0.1, 0.15) is 11.7 Å². The van der Waals surface area contributed by atoms with Crippen molar-refractivity contribution in [3.05, 3.63) is 65.5 Å². The first-order valence-electron chi connectivity index (χ1n) is 10.0. The summed E-state index contributed by atoms with van der Waals surface area (Å²) in [5, 5.41) is 8.33. The van der Waals surface area contributed by atoms with E-state index in [2.05, 4.69) is 16.0 Å². The van der Waals surface area contributed by atoms with E-state index in [1.807, 2.05) is 0 Å². The average Bonchev–Trinajstić information content (AvgIpc) is 2.78. The molecule has 0 bridgehead atoms. The predicted octanol–water partition coefficient (Wildman–Crippen LogP) is 2.01. The zero-order chi connectivity index (χ0) is 24.1. The number of carbonyl (C=O) groups is 1. The Bertz CT molecular complexity index is 1040. The van der Waals surface area contributed by atoms with E-state index in [1.165, 1.54) is 12.1 Å². The molecule has 3 rings (SSSR count). The Hall–Kier alpha value is -2.54. The number of halogens is 4. The molecule has 7 nitrogen and oxygen atoms in total. The van der Waals surface area contributed by atoms with Crippen LogP contribution in [0.5, 0.6) is 0 Å². The first-order valence-corrected chi connectivity index (χ1v) is 11.7. The van der Waals surface area contributed by atoms with Gasteiger partial charge in [0.25, 0.3) is 0 Å². The lowest BCUT2D eigenvalue weighted by Crippen LogP contribution is -2.49. The summed E-state index contributed by atoms with van der Waals surface area (Å²) < 4.78 is 81.9. The van der Waals surface area contributed by atoms with Crippen LogP contribution in [0, 0.1) is 5.82 Å². The molecule has 12 heteroatoms. The SMILES string of the molecule is O=C(CNCS(=O)(=O)c1ccc(F)cc1)NC(c1ccc(C(F)(F)F)cc1)C1CNCCO1. The molecule has 1 amide bonds. The van der Waals surface area contributed by atoms with Gasteiger partial charge in [-0.3, -0.25) is 10.1 Å². The summed E-state index contributed by atoms with van der Waals surface area (Å²) in [4.78, 5) is 12.4. The number of hydrogen-bond donors (Lipinski definition) is 3. The molecule has 0 saturated carbocycles. The first-order chi connectivity index (χ1) is 15.6. The maximum atomic E-state index is 13.0. The average molecular weight is 489 g/mol. The quantitative estimate of drug-likeness (QED) is 0.388. The second kappa shape index (κ2) is 10.6. The van der Waals surface area contributed by atoms with E-state index in [9.17, 15) is 30.8 Å². The summed E-state index contributed by atoms with van der Waals surface area (Å²) in [6.45, 7) is 0.981. The van der Waals surface area contributed by atoms with Crippen molar-refractivity contribution in [2.45, 2.75) is 23.2 Å². The molecule has 2 atom stereocenters. The summed E-state index contributed by atoms with van der Waals surface area (Å²) >= 11 is 0. The van der Waals surface area contributed by atoms with Crippen LogP contribution < -0.4 is 16.0 Å². The molecule has 0 aromatic heterocycles. The van der Waals surface area contributed by atoms with Gasteiger partial charge in [-0.1, -0.05) is 12.1 Å². The molecule has 2 aromatic carbocycles. The number of carbonyl (C=O) groups excluding carboxylic acids is 1. The minimum atomic E-state index is -4.49. The number of sulfone groups is 1. The van der Waals surface area contributed by atoms with Crippen molar-refractivity contribution in [2.75, 3.05) is 32.1 Å². The van der Waals surface area contributed by atoms with Crippen LogP contribution >= 0.6 is 0 Å². The van der Waals surface area contributed by atoms with Crippen LogP contribution in [0.25, 0.3) is 0 Å². The third-order valence-corrected chi connectivity index (χ3v) is 6.57. The summed E-state index contributed by atoms with van der Waals surface area (Å²) in [7, 11) is -3.79. The Morgan fingerprint density at radius 3 is 2.36 bits per heavy atom. The molecular weight excluding hydrogens is 466 g/mol. The molecule has 1 fully saturated rings. The minimum Gasteiger partial charge on any atom is -0.373 e. The molecule has 1 heterocycles. The van der Waals surface area contributed by atoms with Crippen LogP contribution in [0.3, 0.4) is 0 Å². The molecule has 0 spiro atoms. The largest absolute Gasteiger partial charge is 0.416 e. The monoisotopic (exact) mass is 489 g/mol. The number of morpholine rings is 1. The van der Waals surface area contributed by atoms with Gasteiger partial charge >= 0.3 is 6.18 Å². The van der Waals surface area contributed by atoms with E-state index < -0.39 is 51.3 Å². The number of amides is 1. The van der Waals surface area contributed by atoms with E-state index in [0.717, 1.165) is 36.4 Å². The zero-order valence-electron chi connectivity index (χ0n) is 17.4. The van der Waals surface area contributed by atoms with E-state index in [4.69, 9.17) is 4.74 Å². The summed E-state index contributed by atoms with van der Waals surface area (Å²) in [5.41, 5.74) is -0.393. The first kappa shape index (κ1) is 25.1. The Kier molecular flexibility index (Phi) is 8.05. The van der Waals surface area contributed by atoms with E-state index in [1.54, 1.807) is 0 Å². The number of benzene rings is 2. The highest BCUT2D eigenvalue weighted by Crippen LogP contribution is 2.30. The second-order valence-electron chi connectivity index (χ2n) is 7.42. The Balaban J connectivity index is 1.64. The third-order valence-electron chi connectivity index (χ3n) is 4.99. The topological polar surface area (TPSA) is 96.5 Å². The Morgan fingerprint density at radius 1 is 1.12 bits per heavy atom. The van der Waals surface area contributed by atoms with Crippen LogP contribution in [0.2, 0.25) is 0 Å². The van der Waals surface area contributed by atoms with Crippen LogP contribution in [0.4, 0.5) is 17.6 Å². The van der Waals surface area contributed by atoms with E-state index in [-0.39, 0.29) is 11.4 Å². The lowest BCUT2D eigenvalue weighted by atomic mass is 9.98. The lowest BCUT2D eigenvalue weighted by molar-refractivity contribution is -0.137. The molecule has 1 aliphatic heterocycles. The molecular formula is C21H23F4N3O4S. The number of hydrogen-bond acceptors (Lipinski definition) is 6. The van der Waals surface area contributed by atoms with Gasteiger partial charge in [0, 0.05) is 13.1 Å². The van der Waals surface area contributed by atoms with Gasteiger partial charge in [-0.25, -0.2) is 12.8 Å². The van der Waals surface area contributed by atoms with E-state index in [0.29, 0.717) is 25.3 Å². The zero-order valence-corrected chi connectivity index (χ0v) is 18.2. The molecule has 180 valence electrons. The molecule has 1 saturated heterocycles. The fourth-order valence-electron chi connectivity index (χ4n) is 3.32. The smallest absolute Gasteiger partial charge is 0.373 e. The number of alkyl halides is 3. The van der Waals surface area contributed by atoms with Crippen molar-refractivity contribution in [3.8, 4) is 0 Å². The second-order valence-corrected chi connectivity index (χ2v) is 9.41. The van der Waals surface area contributed by atoms with Crippen LogP contribution in [-0.2, 0) is 25.5 Å². The van der Waals surface area contributed by atoms with Crippen LogP contribution in [-0.4, -0.2) is 52.5 Å². The molecule has 2 unspecified atom stereocenters. The minimum absolute atomic E-state index is 0.0962. The van der Waals surface area contributed by atoms with E-state index >= 15 is 0 Å². The van der Waals surface area contributed by atoms with Crippen LogP contribution in [0.15, 0.2) is 53.4 Å². The standard InChI is InChI=1S/C21H23F4N3O4S/c22-16-5-7-17(8-6-16)33(30,31)13-27-12-19(29)28-20(18-11-26-9-10-32-18)14-1-3-15(4-2-14)21(23,24)25/h1-8,18,20,26-27H,9-13H2,(H,28,29). The van der Waals surface area contributed by atoms with Gasteiger partial charge in [0.05, 0.1) is 35.8 Å². The maximum absolute atomic E-state index is 13.0. The Morgan fingerprint density at radius 2 is 1.79 bits per heavy atom. The van der Waals surface area contributed by atoms with Gasteiger partial charge in [-0.2, -0.15) is 13.2 Å². The van der Waals surface area contributed by atoms with Crippen molar-refractivity contribution in [2.24, 2.45) is 0 Å². The fourth-order valence-corrected chi connectivity index (χ4v) is 4.41. The fraction of sp³-hybridized carbons (Fsp3) is 0.381. The van der Waals surface area contributed by atoms with Gasteiger partial charge in [-0.05, 0) is 42.0 Å². The number of ether oxygens (including phenoxy) is 1. The van der Waals surface area contributed by atoms with Gasteiger partial charge < -0.3 is 15.4 Å². The normalized spacial score (nSPS) is 18.0. The number of nitrogens with one attached hydrogen (secondary N) is 3. The molecule has 2 aromatic rings. The summed E-state index contributed by atoms with van der Waals surface area (Å²) in [6.07, 6.45) is -5.01. The van der Waals surface area contributed by atoms with Crippen molar-refractivity contribution in [3.63, 3.8) is 0 Å². The highest BCUT2D eigenvalue weighted by molar-refractivity contribution is 7.91. The maximum Gasteiger partial charge on any atom is 0.416 e. The van der Waals surface area contributed by atoms with Crippen molar-refractivity contribution in [1.82, 2.24) is 16.0 Å². The van der Waals surface area contributed by atoms with Crippen molar-refractivity contribution < 1.29 is 35.5 Å². The summed E-state index contributed by atoms with van der Waals surface area (Å²) in [6, 6.07) is 7.95. The van der Waals surface area contributed by atoms with Gasteiger partial charge in [0.2, 0.25) is 5.91 Å². The highest BCUT2D eigenvalue weighted by Gasteiger charge is 2.32.